The highest BCUT2D eigenvalue weighted by atomic mass is 16.2. The molecular formula is C14H20N4O2. The minimum absolute atomic E-state index is 0.362. The SMILES string of the molecule is CCCCCCNC(=O)n1[nH]c2nc(C)ccc2c1=O. The van der Waals surface area contributed by atoms with Crippen LogP contribution in [-0.4, -0.2) is 27.3 Å². The number of unbranched alkanes of at least 4 members (excludes halogenated alkanes) is 3. The summed E-state index contributed by atoms with van der Waals surface area (Å²) in [6, 6.07) is 3.01. The second-order valence-corrected chi connectivity index (χ2v) is 4.89. The highest BCUT2D eigenvalue weighted by Gasteiger charge is 2.13. The van der Waals surface area contributed by atoms with E-state index in [1.54, 1.807) is 12.1 Å². The Kier molecular flexibility index (Phi) is 4.55. The minimum atomic E-state index is -0.429. The number of hydrogen-bond donors (Lipinski definition) is 2. The predicted molar refractivity (Wildman–Crippen MR) is 78.0 cm³/mol. The van der Waals surface area contributed by atoms with Gasteiger partial charge in [-0.15, -0.1) is 0 Å². The van der Waals surface area contributed by atoms with Crippen LogP contribution in [0.15, 0.2) is 16.9 Å². The zero-order valence-corrected chi connectivity index (χ0v) is 11.9. The molecule has 0 aliphatic rings. The number of hydrogen-bond acceptors (Lipinski definition) is 3. The van der Waals surface area contributed by atoms with Crippen molar-refractivity contribution >= 4 is 17.1 Å². The minimum Gasteiger partial charge on any atom is -0.336 e. The zero-order valence-electron chi connectivity index (χ0n) is 11.9. The Morgan fingerprint density at radius 1 is 1.35 bits per heavy atom. The molecule has 0 bridgehead atoms. The van der Waals surface area contributed by atoms with Crippen molar-refractivity contribution < 1.29 is 4.79 Å². The van der Waals surface area contributed by atoms with Crippen LogP contribution in [0.25, 0.3) is 11.0 Å². The molecule has 6 nitrogen and oxygen atoms in total. The Morgan fingerprint density at radius 2 is 2.15 bits per heavy atom. The van der Waals surface area contributed by atoms with E-state index in [0.29, 0.717) is 17.6 Å². The molecule has 6 heteroatoms. The first-order chi connectivity index (χ1) is 9.63. The topological polar surface area (TPSA) is 79.8 Å². The Hall–Kier alpha value is -2.11. The summed E-state index contributed by atoms with van der Waals surface area (Å²) in [6.07, 6.45) is 4.32. The number of carbonyl (C=O) groups is 1. The van der Waals surface area contributed by atoms with Crippen molar-refractivity contribution in [2.45, 2.75) is 39.5 Å². The van der Waals surface area contributed by atoms with Crippen LogP contribution in [0.3, 0.4) is 0 Å². The van der Waals surface area contributed by atoms with Crippen LogP contribution in [0, 0.1) is 6.92 Å². The van der Waals surface area contributed by atoms with Gasteiger partial charge in [0.25, 0.3) is 5.56 Å². The Morgan fingerprint density at radius 3 is 2.90 bits per heavy atom. The molecular weight excluding hydrogens is 256 g/mol. The summed E-state index contributed by atoms with van der Waals surface area (Å²) in [6.45, 7) is 4.55. The van der Waals surface area contributed by atoms with E-state index in [0.717, 1.165) is 36.1 Å². The van der Waals surface area contributed by atoms with Gasteiger partial charge in [0.2, 0.25) is 0 Å². The Balaban J connectivity index is 2.07. The molecule has 0 radical (unpaired) electrons. The van der Waals surface area contributed by atoms with E-state index in [9.17, 15) is 9.59 Å². The van der Waals surface area contributed by atoms with Crippen molar-refractivity contribution in [1.82, 2.24) is 20.1 Å². The molecule has 2 heterocycles. The average Bonchev–Trinajstić information content (AvgIpc) is 2.75. The molecule has 108 valence electrons. The lowest BCUT2D eigenvalue weighted by molar-refractivity contribution is 0.239. The van der Waals surface area contributed by atoms with Crippen LogP contribution in [0.4, 0.5) is 4.79 Å². The second-order valence-electron chi connectivity index (χ2n) is 4.89. The van der Waals surface area contributed by atoms with Crippen LogP contribution in [-0.2, 0) is 0 Å². The lowest BCUT2D eigenvalue weighted by Crippen LogP contribution is -2.35. The molecule has 2 aromatic rings. The summed E-state index contributed by atoms with van der Waals surface area (Å²) in [5.74, 6) is 0. The number of amides is 1. The lowest BCUT2D eigenvalue weighted by Gasteiger charge is -2.04. The molecule has 0 aliphatic carbocycles. The van der Waals surface area contributed by atoms with Gasteiger partial charge in [0.05, 0.1) is 5.39 Å². The fraction of sp³-hybridized carbons (Fsp3) is 0.500. The van der Waals surface area contributed by atoms with Gasteiger partial charge in [-0.25, -0.2) is 9.78 Å². The van der Waals surface area contributed by atoms with Crippen LogP contribution in [0.2, 0.25) is 0 Å². The highest BCUT2D eigenvalue weighted by Crippen LogP contribution is 2.05. The van der Waals surface area contributed by atoms with E-state index in [1.807, 2.05) is 6.92 Å². The standard InChI is InChI=1S/C14H20N4O2/c1-3-4-5-6-9-15-14(20)18-13(19)11-8-7-10(2)16-12(11)17-18/h7-8H,3-6,9H2,1-2H3,(H,15,20)(H,16,17). The van der Waals surface area contributed by atoms with Gasteiger partial charge in [-0.05, 0) is 25.5 Å². The summed E-state index contributed by atoms with van der Waals surface area (Å²) < 4.78 is 0.983. The summed E-state index contributed by atoms with van der Waals surface area (Å²) in [5, 5.41) is 5.90. The normalized spacial score (nSPS) is 10.9. The van der Waals surface area contributed by atoms with Gasteiger partial charge in [-0.3, -0.25) is 9.89 Å². The van der Waals surface area contributed by atoms with E-state index >= 15 is 0 Å². The van der Waals surface area contributed by atoms with Crippen molar-refractivity contribution in [3.63, 3.8) is 0 Å². The molecule has 20 heavy (non-hydrogen) atoms. The quantitative estimate of drug-likeness (QED) is 0.821. The van der Waals surface area contributed by atoms with Gasteiger partial charge in [0, 0.05) is 12.2 Å². The van der Waals surface area contributed by atoms with Gasteiger partial charge in [0.15, 0.2) is 5.65 Å². The van der Waals surface area contributed by atoms with Crippen LogP contribution in [0.1, 0.15) is 38.3 Å². The Bertz CT molecular complexity index is 657. The third-order valence-corrected chi connectivity index (χ3v) is 3.20. The summed E-state index contributed by atoms with van der Waals surface area (Å²) >= 11 is 0. The van der Waals surface area contributed by atoms with Gasteiger partial charge >= 0.3 is 6.03 Å². The molecule has 0 atom stereocenters. The smallest absolute Gasteiger partial charge is 0.336 e. The zero-order chi connectivity index (χ0) is 14.5. The number of nitrogens with zero attached hydrogens (tertiary/aromatic N) is 2. The van der Waals surface area contributed by atoms with Gasteiger partial charge in [0.1, 0.15) is 0 Å². The van der Waals surface area contributed by atoms with Crippen molar-refractivity contribution in [2.24, 2.45) is 0 Å². The highest BCUT2D eigenvalue weighted by molar-refractivity contribution is 5.82. The molecule has 2 aromatic heterocycles. The van der Waals surface area contributed by atoms with E-state index in [2.05, 4.69) is 22.3 Å². The molecule has 1 amide bonds. The van der Waals surface area contributed by atoms with E-state index in [4.69, 9.17) is 0 Å². The first kappa shape index (κ1) is 14.3. The number of rotatable bonds is 5. The van der Waals surface area contributed by atoms with Crippen molar-refractivity contribution in [3.05, 3.63) is 28.2 Å². The lowest BCUT2D eigenvalue weighted by atomic mass is 10.2. The largest absolute Gasteiger partial charge is 0.343 e. The van der Waals surface area contributed by atoms with E-state index in [-0.39, 0.29) is 5.56 Å². The second kappa shape index (κ2) is 6.36. The Labute approximate surface area is 117 Å². The van der Waals surface area contributed by atoms with E-state index in [1.165, 1.54) is 0 Å². The molecule has 0 spiro atoms. The number of carbonyl (C=O) groups excluding carboxylic acids is 1. The van der Waals surface area contributed by atoms with Gasteiger partial charge < -0.3 is 5.32 Å². The van der Waals surface area contributed by atoms with Crippen LogP contribution >= 0.6 is 0 Å². The van der Waals surface area contributed by atoms with Crippen molar-refractivity contribution in [3.8, 4) is 0 Å². The maximum Gasteiger partial charge on any atom is 0.343 e. The number of aromatic nitrogens is 3. The number of fused-ring (bicyclic) bond motifs is 1. The fourth-order valence-electron chi connectivity index (χ4n) is 2.06. The van der Waals surface area contributed by atoms with Crippen molar-refractivity contribution in [2.75, 3.05) is 6.54 Å². The number of aromatic amines is 1. The van der Waals surface area contributed by atoms with Crippen LogP contribution in [0.5, 0.6) is 0 Å². The number of H-pyrrole nitrogens is 1. The van der Waals surface area contributed by atoms with E-state index < -0.39 is 6.03 Å². The number of pyridine rings is 1. The molecule has 0 fully saturated rings. The third-order valence-electron chi connectivity index (χ3n) is 3.20. The van der Waals surface area contributed by atoms with Crippen molar-refractivity contribution in [1.29, 1.82) is 0 Å². The summed E-state index contributed by atoms with van der Waals surface area (Å²) in [4.78, 5) is 28.2. The predicted octanol–water partition coefficient (Wildman–Crippen LogP) is 2.17. The third kappa shape index (κ3) is 3.07. The maximum atomic E-state index is 12.0. The number of aryl methyl sites for hydroxylation is 1. The molecule has 0 saturated carbocycles. The molecule has 0 unspecified atom stereocenters. The summed E-state index contributed by atoms with van der Waals surface area (Å²) in [7, 11) is 0. The molecule has 0 aliphatic heterocycles. The van der Waals surface area contributed by atoms with Crippen LogP contribution < -0.4 is 10.9 Å². The van der Waals surface area contributed by atoms with Gasteiger partial charge in [-0.1, -0.05) is 26.2 Å². The average molecular weight is 276 g/mol. The first-order valence-electron chi connectivity index (χ1n) is 7.00. The summed E-state index contributed by atoms with van der Waals surface area (Å²) in [5.41, 5.74) is 0.876. The molecule has 2 N–H and O–H groups in total. The molecule has 2 rings (SSSR count). The van der Waals surface area contributed by atoms with Gasteiger partial charge in [-0.2, -0.15) is 4.68 Å². The molecule has 0 saturated heterocycles. The monoisotopic (exact) mass is 276 g/mol. The maximum absolute atomic E-state index is 12.0. The first-order valence-corrected chi connectivity index (χ1v) is 7.00. The molecule has 0 aromatic carbocycles. The number of nitrogens with one attached hydrogen (secondary N) is 2. The fourth-order valence-corrected chi connectivity index (χ4v) is 2.06.